The zero-order valence-corrected chi connectivity index (χ0v) is 22.2. The summed E-state index contributed by atoms with van der Waals surface area (Å²) in [4.78, 5) is 22.3. The van der Waals surface area contributed by atoms with Gasteiger partial charge in [-0.05, 0) is 64.0 Å². The van der Waals surface area contributed by atoms with Gasteiger partial charge < -0.3 is 4.90 Å². The van der Waals surface area contributed by atoms with E-state index in [0.717, 1.165) is 32.7 Å². The van der Waals surface area contributed by atoms with Gasteiger partial charge in [-0.25, -0.2) is 13.4 Å². The molecule has 178 valence electrons. The van der Waals surface area contributed by atoms with Crippen LogP contribution >= 0.6 is 34.3 Å². The maximum absolute atomic E-state index is 13.8. The highest BCUT2D eigenvalue weighted by Crippen LogP contribution is 2.36. The van der Waals surface area contributed by atoms with Crippen LogP contribution in [0.25, 0.3) is 10.2 Å². The Morgan fingerprint density at radius 1 is 1.15 bits per heavy atom. The van der Waals surface area contributed by atoms with E-state index in [1.165, 1.54) is 21.7 Å². The molecule has 0 radical (unpaired) electrons. The number of rotatable bonds is 7. The molecule has 7 nitrogen and oxygen atoms in total. The van der Waals surface area contributed by atoms with E-state index in [1.54, 1.807) is 11.0 Å². The second-order valence-corrected chi connectivity index (χ2v) is 13.3. The van der Waals surface area contributed by atoms with E-state index in [0.29, 0.717) is 41.9 Å². The molecule has 1 saturated heterocycles. The molecular weight excluding hydrogens is 500 g/mol. The lowest BCUT2D eigenvalue weighted by atomic mass is 10.1. The molecule has 1 atom stereocenters. The van der Waals surface area contributed by atoms with E-state index >= 15 is 0 Å². The van der Waals surface area contributed by atoms with Gasteiger partial charge in [0.15, 0.2) is 5.13 Å². The number of thiazole rings is 1. The number of thiophene rings is 1. The summed E-state index contributed by atoms with van der Waals surface area (Å²) in [7, 11) is 0.0886. The number of carbonyl (C=O) groups is 1. The Balaban J connectivity index is 1.71. The fourth-order valence-corrected chi connectivity index (χ4v) is 8.38. The van der Waals surface area contributed by atoms with Crippen molar-refractivity contribution in [3.63, 3.8) is 0 Å². The van der Waals surface area contributed by atoms with Gasteiger partial charge in [0.2, 0.25) is 5.91 Å². The average molecular weight is 527 g/mol. The minimum absolute atomic E-state index is 0.165. The summed E-state index contributed by atoms with van der Waals surface area (Å²) >= 11 is 8.49. The predicted molar refractivity (Wildman–Crippen MR) is 136 cm³/mol. The second-order valence-electron chi connectivity index (χ2n) is 8.50. The van der Waals surface area contributed by atoms with Crippen molar-refractivity contribution in [2.75, 3.05) is 38.6 Å². The number of halogens is 1. The van der Waals surface area contributed by atoms with Gasteiger partial charge >= 0.3 is 0 Å². The minimum Gasteiger partial charge on any atom is -0.308 e. The van der Waals surface area contributed by atoms with Gasteiger partial charge in [0, 0.05) is 19.6 Å². The maximum Gasteiger partial charge on any atom is 0.253 e. The van der Waals surface area contributed by atoms with Crippen LogP contribution in [0.5, 0.6) is 0 Å². The van der Waals surface area contributed by atoms with Crippen LogP contribution in [-0.4, -0.2) is 68.3 Å². The number of aromatic nitrogens is 1. The molecule has 4 rings (SSSR count). The van der Waals surface area contributed by atoms with Crippen LogP contribution in [0.3, 0.4) is 0 Å². The molecule has 1 unspecified atom stereocenters. The van der Waals surface area contributed by atoms with Crippen LogP contribution < -0.4 is 4.90 Å². The summed E-state index contributed by atoms with van der Waals surface area (Å²) in [6.07, 6.45) is 1.12. The van der Waals surface area contributed by atoms with Gasteiger partial charge in [-0.15, -0.1) is 11.3 Å². The number of nitrogens with zero attached hydrogens (tertiary/aromatic N) is 4. The second kappa shape index (κ2) is 9.59. The highest BCUT2D eigenvalue weighted by Gasteiger charge is 2.42. The van der Waals surface area contributed by atoms with Crippen LogP contribution in [0, 0.1) is 13.8 Å². The Bertz CT molecular complexity index is 1250. The minimum atomic E-state index is -3.80. The van der Waals surface area contributed by atoms with Gasteiger partial charge in [0.25, 0.3) is 10.0 Å². The summed E-state index contributed by atoms with van der Waals surface area (Å²) in [6, 6.07) is 6.41. The molecule has 3 heterocycles. The summed E-state index contributed by atoms with van der Waals surface area (Å²) in [6.45, 7) is 5.42. The smallest absolute Gasteiger partial charge is 0.253 e. The zero-order valence-electron chi connectivity index (χ0n) is 19.0. The van der Waals surface area contributed by atoms with E-state index in [2.05, 4.69) is 6.07 Å². The van der Waals surface area contributed by atoms with E-state index < -0.39 is 16.1 Å². The topological polar surface area (TPSA) is 73.8 Å². The molecule has 1 aliphatic rings. The first-order chi connectivity index (χ1) is 15.6. The van der Waals surface area contributed by atoms with Crippen LogP contribution in [0.2, 0.25) is 4.34 Å². The molecule has 0 bridgehead atoms. The lowest BCUT2D eigenvalue weighted by Crippen LogP contribution is -2.49. The molecule has 0 saturated carbocycles. The predicted octanol–water partition coefficient (Wildman–Crippen LogP) is 4.38. The fraction of sp³-hybridized carbons (Fsp3) is 0.455. The summed E-state index contributed by atoms with van der Waals surface area (Å²) in [5.41, 5.74) is 3.05. The quantitative estimate of drug-likeness (QED) is 0.457. The van der Waals surface area contributed by atoms with Crippen molar-refractivity contribution >= 4 is 65.6 Å². The Kier molecular flexibility index (Phi) is 7.14. The molecule has 33 heavy (non-hydrogen) atoms. The van der Waals surface area contributed by atoms with E-state index in [-0.39, 0.29) is 10.1 Å². The molecule has 1 aliphatic heterocycles. The monoisotopic (exact) mass is 526 g/mol. The van der Waals surface area contributed by atoms with Crippen molar-refractivity contribution in [1.29, 1.82) is 0 Å². The fourth-order valence-electron chi connectivity index (χ4n) is 3.97. The van der Waals surface area contributed by atoms with Crippen molar-refractivity contribution in [2.24, 2.45) is 0 Å². The third-order valence-corrected chi connectivity index (χ3v) is 10.6. The molecule has 1 aromatic carbocycles. The number of likely N-dealkylation sites (N-methyl/N-ethyl adjacent to an activating group) is 1. The zero-order chi connectivity index (χ0) is 23.9. The van der Waals surface area contributed by atoms with Crippen molar-refractivity contribution in [3.8, 4) is 0 Å². The molecule has 11 heteroatoms. The molecular formula is C22H27ClN4O3S3. The Morgan fingerprint density at radius 3 is 2.52 bits per heavy atom. The van der Waals surface area contributed by atoms with E-state index in [4.69, 9.17) is 16.6 Å². The Labute approximate surface area is 207 Å². The molecule has 0 aliphatic carbocycles. The first kappa shape index (κ1) is 24.6. The van der Waals surface area contributed by atoms with Crippen LogP contribution in [-0.2, 0) is 14.8 Å². The van der Waals surface area contributed by atoms with Crippen molar-refractivity contribution in [2.45, 2.75) is 36.9 Å². The first-order valence-corrected chi connectivity index (χ1v) is 14.1. The number of aryl methyl sites for hydroxylation is 2. The van der Waals surface area contributed by atoms with Gasteiger partial charge in [-0.1, -0.05) is 35.1 Å². The van der Waals surface area contributed by atoms with Crippen molar-refractivity contribution in [3.05, 3.63) is 39.7 Å². The van der Waals surface area contributed by atoms with E-state index in [9.17, 15) is 13.2 Å². The molecule has 3 aromatic rings. The normalized spacial score (nSPS) is 17.3. The molecule has 2 aromatic heterocycles. The standard InChI is InChI=1S/C22H27ClN4O3S3/c1-14-7-8-15(2)20-19(14)24-22(32-20)26(13-12-25(3)4)21(28)16-6-5-11-27(16)33(29,30)18-10-9-17(23)31-18/h7-10,16H,5-6,11-13H2,1-4H3. The number of hydrogen-bond acceptors (Lipinski definition) is 7. The summed E-state index contributed by atoms with van der Waals surface area (Å²) in [5, 5.41) is 0.609. The van der Waals surface area contributed by atoms with E-state index in [1.807, 2.05) is 38.9 Å². The number of sulfonamides is 1. The molecule has 0 spiro atoms. The van der Waals surface area contributed by atoms with Crippen molar-refractivity contribution in [1.82, 2.24) is 14.2 Å². The lowest BCUT2D eigenvalue weighted by Gasteiger charge is -2.29. The van der Waals surface area contributed by atoms with Crippen molar-refractivity contribution < 1.29 is 13.2 Å². The van der Waals surface area contributed by atoms with Gasteiger partial charge in [-0.2, -0.15) is 4.31 Å². The SMILES string of the molecule is Cc1ccc(C)c2sc(N(CCN(C)C)C(=O)C3CCCN3S(=O)(=O)c3ccc(Cl)s3)nc12. The van der Waals surface area contributed by atoms with Crippen LogP contribution in [0.15, 0.2) is 28.5 Å². The summed E-state index contributed by atoms with van der Waals surface area (Å²) < 4.78 is 29.6. The number of hydrogen-bond donors (Lipinski definition) is 0. The highest BCUT2D eigenvalue weighted by molar-refractivity contribution is 7.91. The van der Waals surface area contributed by atoms with Gasteiger partial charge in [0.05, 0.1) is 14.6 Å². The van der Waals surface area contributed by atoms with Gasteiger partial charge in [-0.3, -0.25) is 9.69 Å². The first-order valence-electron chi connectivity index (χ1n) is 10.7. The number of fused-ring (bicyclic) bond motifs is 1. The average Bonchev–Trinajstić information content (AvgIpc) is 3.50. The third-order valence-electron chi connectivity index (χ3n) is 5.80. The lowest BCUT2D eigenvalue weighted by molar-refractivity contribution is -0.121. The number of anilines is 1. The van der Waals surface area contributed by atoms with Crippen LogP contribution in [0.4, 0.5) is 5.13 Å². The third kappa shape index (κ3) is 4.82. The van der Waals surface area contributed by atoms with Gasteiger partial charge in [0.1, 0.15) is 10.3 Å². The Hall–Kier alpha value is -1.56. The number of amides is 1. The number of benzene rings is 1. The molecule has 0 N–H and O–H groups in total. The number of carbonyl (C=O) groups excluding carboxylic acids is 1. The van der Waals surface area contributed by atoms with Crippen LogP contribution in [0.1, 0.15) is 24.0 Å². The maximum atomic E-state index is 13.8. The Morgan fingerprint density at radius 2 is 1.88 bits per heavy atom. The highest BCUT2D eigenvalue weighted by atomic mass is 35.5. The summed E-state index contributed by atoms with van der Waals surface area (Å²) in [5.74, 6) is -0.227. The molecule has 1 fully saturated rings. The largest absolute Gasteiger partial charge is 0.308 e. The molecule has 1 amide bonds.